The fourth-order valence-electron chi connectivity index (χ4n) is 1.97. The molecule has 1 aliphatic heterocycles. The van der Waals surface area contributed by atoms with Crippen molar-refractivity contribution in [3.8, 4) is 0 Å². The minimum atomic E-state index is -0.168. The van der Waals surface area contributed by atoms with Gasteiger partial charge in [-0.05, 0) is 31.2 Å². The van der Waals surface area contributed by atoms with Crippen LogP contribution >= 0.6 is 11.6 Å². The van der Waals surface area contributed by atoms with Gasteiger partial charge in [-0.15, -0.1) is 0 Å². The molecule has 0 spiro atoms. The van der Waals surface area contributed by atoms with Gasteiger partial charge in [-0.1, -0.05) is 11.6 Å². The van der Waals surface area contributed by atoms with Crippen LogP contribution in [-0.4, -0.2) is 20.7 Å². The van der Waals surface area contributed by atoms with Gasteiger partial charge in [0.15, 0.2) is 0 Å². The van der Waals surface area contributed by atoms with Crippen molar-refractivity contribution < 1.29 is 4.79 Å². The summed E-state index contributed by atoms with van der Waals surface area (Å²) < 4.78 is 1.64. The number of nitrogens with zero attached hydrogens (tertiary/aromatic N) is 3. The molecule has 0 radical (unpaired) electrons. The van der Waals surface area contributed by atoms with E-state index in [2.05, 4.69) is 20.7 Å². The quantitative estimate of drug-likeness (QED) is 0.889. The summed E-state index contributed by atoms with van der Waals surface area (Å²) in [5, 5.41) is 10.6. The lowest BCUT2D eigenvalue weighted by atomic mass is 10.1. The molecule has 0 atom stereocenters. The van der Waals surface area contributed by atoms with Gasteiger partial charge in [0.25, 0.3) is 5.91 Å². The summed E-state index contributed by atoms with van der Waals surface area (Å²) in [6.45, 7) is 2.24. The third-order valence-corrected chi connectivity index (χ3v) is 3.30. The van der Waals surface area contributed by atoms with E-state index in [1.54, 1.807) is 28.9 Å². The molecular weight excluding hydrogens is 278 g/mol. The largest absolute Gasteiger partial charge is 0.328 e. The number of aromatic nitrogens is 3. The van der Waals surface area contributed by atoms with E-state index in [1.165, 1.54) is 6.33 Å². The molecule has 1 aromatic carbocycles. The number of rotatable bonds is 2. The van der Waals surface area contributed by atoms with Crippen LogP contribution in [0.25, 0.3) is 0 Å². The highest BCUT2D eigenvalue weighted by molar-refractivity contribution is 6.30. The minimum absolute atomic E-state index is 0.168. The third kappa shape index (κ3) is 2.37. The molecule has 0 aliphatic carbocycles. The molecule has 1 amide bonds. The maximum Gasteiger partial charge on any atom is 0.255 e. The van der Waals surface area contributed by atoms with Crippen molar-refractivity contribution in [2.75, 3.05) is 10.6 Å². The lowest BCUT2D eigenvalue weighted by Gasteiger charge is -2.19. The van der Waals surface area contributed by atoms with Crippen molar-refractivity contribution in [1.82, 2.24) is 14.8 Å². The van der Waals surface area contributed by atoms with Gasteiger partial charge in [-0.25, -0.2) is 4.68 Å². The van der Waals surface area contributed by atoms with E-state index in [0.29, 0.717) is 28.8 Å². The number of hydrogen-bond acceptors (Lipinski definition) is 4. The number of nitrogens with one attached hydrogen (secondary N) is 2. The van der Waals surface area contributed by atoms with Crippen LogP contribution in [0.3, 0.4) is 0 Å². The molecule has 2 N–H and O–H groups in total. The number of allylic oxidation sites excluding steroid dienone is 1. The van der Waals surface area contributed by atoms with Crippen LogP contribution in [0.1, 0.15) is 6.92 Å². The van der Waals surface area contributed by atoms with Gasteiger partial charge in [0.2, 0.25) is 5.95 Å². The second kappa shape index (κ2) is 4.97. The van der Waals surface area contributed by atoms with Crippen molar-refractivity contribution >= 4 is 29.1 Å². The lowest BCUT2D eigenvalue weighted by Crippen LogP contribution is -2.26. The second-order valence-electron chi connectivity index (χ2n) is 4.43. The highest BCUT2D eigenvalue weighted by atomic mass is 35.5. The average Bonchev–Trinajstić information content (AvgIpc) is 2.87. The Bertz CT molecular complexity index is 689. The van der Waals surface area contributed by atoms with Crippen LogP contribution in [0.2, 0.25) is 5.02 Å². The Kier molecular flexibility index (Phi) is 3.15. The van der Waals surface area contributed by atoms with Gasteiger partial charge >= 0.3 is 0 Å². The number of carbonyl (C=O) groups is 1. The van der Waals surface area contributed by atoms with Crippen LogP contribution < -0.4 is 10.6 Å². The first-order valence-corrected chi connectivity index (χ1v) is 6.43. The number of halogens is 1. The highest BCUT2D eigenvalue weighted by Crippen LogP contribution is 2.20. The van der Waals surface area contributed by atoms with E-state index in [1.807, 2.05) is 6.92 Å². The van der Waals surface area contributed by atoms with Gasteiger partial charge in [0.1, 0.15) is 6.33 Å². The van der Waals surface area contributed by atoms with E-state index < -0.39 is 0 Å². The Morgan fingerprint density at radius 1 is 1.40 bits per heavy atom. The van der Waals surface area contributed by atoms with Gasteiger partial charge in [-0.3, -0.25) is 4.79 Å². The van der Waals surface area contributed by atoms with Crippen LogP contribution in [0.15, 0.2) is 41.9 Å². The maximum atomic E-state index is 12.3. The number of hydrogen-bond donors (Lipinski definition) is 2. The predicted octanol–water partition coefficient (Wildman–Crippen LogP) is 2.27. The molecule has 7 heteroatoms. The summed E-state index contributed by atoms with van der Waals surface area (Å²) >= 11 is 5.81. The van der Waals surface area contributed by atoms with Gasteiger partial charge in [0, 0.05) is 16.4 Å². The zero-order valence-corrected chi connectivity index (χ0v) is 11.5. The van der Waals surface area contributed by atoms with E-state index in [9.17, 15) is 4.79 Å². The first kappa shape index (κ1) is 12.7. The Morgan fingerprint density at radius 2 is 2.15 bits per heavy atom. The first-order chi connectivity index (χ1) is 9.63. The number of carbonyl (C=O) groups excluding carboxylic acids is 1. The van der Waals surface area contributed by atoms with Gasteiger partial charge < -0.3 is 10.6 Å². The van der Waals surface area contributed by atoms with E-state index in [0.717, 1.165) is 5.70 Å². The molecular formula is C13H12ClN5O. The number of amides is 1. The number of anilines is 2. The maximum absolute atomic E-state index is 12.3. The average molecular weight is 290 g/mol. The Balaban J connectivity index is 1.78. The van der Waals surface area contributed by atoms with Crippen molar-refractivity contribution in [3.05, 3.63) is 46.9 Å². The third-order valence-electron chi connectivity index (χ3n) is 3.05. The molecule has 1 aromatic heterocycles. The van der Waals surface area contributed by atoms with E-state index in [-0.39, 0.29) is 5.91 Å². The van der Waals surface area contributed by atoms with Crippen LogP contribution in [0.5, 0.6) is 0 Å². The molecule has 102 valence electrons. The Labute approximate surface area is 120 Å². The summed E-state index contributed by atoms with van der Waals surface area (Å²) in [5.74, 6) is 0.476. The monoisotopic (exact) mass is 289 g/mol. The first-order valence-electron chi connectivity index (χ1n) is 6.05. The predicted molar refractivity (Wildman–Crippen MR) is 76.4 cm³/mol. The number of benzene rings is 1. The SMILES string of the molecule is CC1=C(C(=O)Nc2ccc(Cl)cc2)Cn2ncnc2N1. The van der Waals surface area contributed by atoms with Crippen molar-refractivity contribution in [2.24, 2.45) is 0 Å². The minimum Gasteiger partial charge on any atom is -0.328 e. The smallest absolute Gasteiger partial charge is 0.255 e. The summed E-state index contributed by atoms with van der Waals surface area (Å²) in [6.07, 6.45) is 1.45. The van der Waals surface area contributed by atoms with Crippen LogP contribution in [0, 0.1) is 0 Å². The molecule has 20 heavy (non-hydrogen) atoms. The molecule has 0 saturated heterocycles. The molecule has 3 rings (SSSR count). The lowest BCUT2D eigenvalue weighted by molar-refractivity contribution is -0.113. The Morgan fingerprint density at radius 3 is 2.90 bits per heavy atom. The highest BCUT2D eigenvalue weighted by Gasteiger charge is 2.21. The fourth-order valence-corrected chi connectivity index (χ4v) is 2.10. The summed E-state index contributed by atoms with van der Waals surface area (Å²) in [4.78, 5) is 16.3. The summed E-state index contributed by atoms with van der Waals surface area (Å²) in [5.41, 5.74) is 2.10. The molecule has 0 saturated carbocycles. The van der Waals surface area contributed by atoms with Gasteiger partial charge in [0.05, 0.1) is 12.1 Å². The molecule has 0 fully saturated rings. The molecule has 2 aromatic rings. The van der Waals surface area contributed by atoms with E-state index in [4.69, 9.17) is 11.6 Å². The molecule has 0 unspecified atom stereocenters. The molecule has 2 heterocycles. The molecule has 0 bridgehead atoms. The topological polar surface area (TPSA) is 71.8 Å². The van der Waals surface area contributed by atoms with Crippen LogP contribution in [-0.2, 0) is 11.3 Å². The zero-order valence-electron chi connectivity index (χ0n) is 10.7. The standard InChI is InChI=1S/C13H12ClN5O/c1-8-11(6-19-13(17-8)15-7-16-19)12(20)18-10-4-2-9(14)3-5-10/h2-5,7H,6H2,1H3,(H,18,20)(H,15,16,17). The summed E-state index contributed by atoms with van der Waals surface area (Å²) in [7, 11) is 0. The number of fused-ring (bicyclic) bond motifs is 1. The molecule has 1 aliphatic rings. The fraction of sp³-hybridized carbons (Fsp3) is 0.154. The molecule has 6 nitrogen and oxygen atoms in total. The van der Waals surface area contributed by atoms with Crippen molar-refractivity contribution in [2.45, 2.75) is 13.5 Å². The Hall–Kier alpha value is -2.34. The second-order valence-corrected chi connectivity index (χ2v) is 4.87. The van der Waals surface area contributed by atoms with Crippen LogP contribution in [0.4, 0.5) is 11.6 Å². The zero-order chi connectivity index (χ0) is 14.1. The van der Waals surface area contributed by atoms with Crippen molar-refractivity contribution in [3.63, 3.8) is 0 Å². The van der Waals surface area contributed by atoms with E-state index >= 15 is 0 Å². The van der Waals surface area contributed by atoms with Gasteiger partial charge in [-0.2, -0.15) is 10.1 Å². The summed E-state index contributed by atoms with van der Waals surface area (Å²) in [6, 6.07) is 6.97. The van der Waals surface area contributed by atoms with Crippen molar-refractivity contribution in [1.29, 1.82) is 0 Å². The normalized spacial score (nSPS) is 13.7.